The summed E-state index contributed by atoms with van der Waals surface area (Å²) in [5.41, 5.74) is 6.75. The number of ether oxygens (including phenoxy) is 1. The van der Waals surface area contributed by atoms with Gasteiger partial charge in [0.2, 0.25) is 0 Å². The third-order valence-electron chi connectivity index (χ3n) is 5.97. The van der Waals surface area contributed by atoms with E-state index < -0.39 is 0 Å². The van der Waals surface area contributed by atoms with Crippen LogP contribution in [0.4, 0.5) is 0 Å². The maximum Gasteiger partial charge on any atom is 0.330 e. The van der Waals surface area contributed by atoms with Crippen LogP contribution in [0.15, 0.2) is 48.5 Å². The van der Waals surface area contributed by atoms with E-state index in [0.717, 1.165) is 31.6 Å². The van der Waals surface area contributed by atoms with Crippen LogP contribution in [0.1, 0.15) is 53.6 Å². The predicted octanol–water partition coefficient (Wildman–Crippen LogP) is 4.25. The zero-order valence-corrected chi connectivity index (χ0v) is 17.2. The van der Waals surface area contributed by atoms with Crippen LogP contribution in [0.5, 0.6) is 0 Å². The number of hydrogen-bond donors (Lipinski definition) is 1. The Morgan fingerprint density at radius 1 is 1.17 bits per heavy atom. The highest BCUT2D eigenvalue weighted by atomic mass is 16.5. The Labute approximate surface area is 173 Å². The van der Waals surface area contributed by atoms with E-state index in [1.54, 1.807) is 0 Å². The maximum absolute atomic E-state index is 11.5. The van der Waals surface area contributed by atoms with Gasteiger partial charge in [-0.15, -0.1) is 0 Å². The van der Waals surface area contributed by atoms with E-state index in [1.165, 1.54) is 47.7 Å². The van der Waals surface area contributed by atoms with Crippen LogP contribution in [0.2, 0.25) is 0 Å². The molecule has 2 aromatic carbocycles. The van der Waals surface area contributed by atoms with Gasteiger partial charge in [-0.3, -0.25) is 4.90 Å². The van der Waals surface area contributed by atoms with E-state index >= 15 is 0 Å². The van der Waals surface area contributed by atoms with Gasteiger partial charge in [0, 0.05) is 31.8 Å². The maximum atomic E-state index is 11.5. The molecule has 0 amide bonds. The van der Waals surface area contributed by atoms with Crippen LogP contribution < -0.4 is 5.32 Å². The molecule has 29 heavy (non-hydrogen) atoms. The van der Waals surface area contributed by atoms with Crippen molar-refractivity contribution < 1.29 is 9.53 Å². The van der Waals surface area contributed by atoms with E-state index in [4.69, 9.17) is 4.74 Å². The Bertz CT molecular complexity index is 873. The van der Waals surface area contributed by atoms with Crippen molar-refractivity contribution >= 4 is 12.0 Å². The molecule has 0 saturated carbocycles. The molecule has 2 aliphatic rings. The third-order valence-corrected chi connectivity index (χ3v) is 5.97. The number of hydrogen-bond acceptors (Lipinski definition) is 4. The van der Waals surface area contributed by atoms with Gasteiger partial charge in [0.15, 0.2) is 0 Å². The second-order valence-electron chi connectivity index (χ2n) is 7.90. The number of rotatable bonds is 7. The average Bonchev–Trinajstić information content (AvgIpc) is 3.40. The molecule has 4 rings (SSSR count). The number of carbonyl (C=O) groups is 1. The molecule has 0 aromatic heterocycles. The van der Waals surface area contributed by atoms with Crippen molar-refractivity contribution in [2.75, 3.05) is 19.7 Å². The zero-order chi connectivity index (χ0) is 20.1. The molecule has 2 aliphatic heterocycles. The lowest BCUT2D eigenvalue weighted by atomic mass is 10.0. The first-order valence-corrected chi connectivity index (χ1v) is 10.7. The number of nitrogens with one attached hydrogen (secondary N) is 1. The highest BCUT2D eigenvalue weighted by Gasteiger charge is 2.25. The summed E-state index contributed by atoms with van der Waals surface area (Å²) in [5.74, 6) is -0.291. The van der Waals surface area contributed by atoms with Gasteiger partial charge in [-0.1, -0.05) is 42.5 Å². The van der Waals surface area contributed by atoms with Crippen molar-refractivity contribution in [2.24, 2.45) is 0 Å². The van der Waals surface area contributed by atoms with E-state index in [9.17, 15) is 4.79 Å². The van der Waals surface area contributed by atoms with Crippen LogP contribution >= 0.6 is 0 Å². The number of carbonyl (C=O) groups excluding carboxylic acids is 1. The fourth-order valence-corrected chi connectivity index (χ4v) is 4.43. The van der Waals surface area contributed by atoms with Crippen molar-refractivity contribution in [1.29, 1.82) is 0 Å². The molecule has 0 spiro atoms. The van der Waals surface area contributed by atoms with Crippen LogP contribution in [0.25, 0.3) is 6.08 Å². The monoisotopic (exact) mass is 390 g/mol. The number of benzene rings is 2. The van der Waals surface area contributed by atoms with Gasteiger partial charge < -0.3 is 10.1 Å². The highest BCUT2D eigenvalue weighted by Crippen LogP contribution is 2.32. The van der Waals surface area contributed by atoms with Gasteiger partial charge in [0.05, 0.1) is 6.61 Å². The molecule has 2 heterocycles. The molecule has 0 aliphatic carbocycles. The van der Waals surface area contributed by atoms with E-state index in [2.05, 4.69) is 52.7 Å². The SMILES string of the molecule is CCOC(=O)/C=C/c1ccc([C@H]2CCCN2CCc2ccc3c(c2)CNC3)cc1. The Kier molecular flexibility index (Phi) is 6.43. The van der Waals surface area contributed by atoms with Crippen LogP contribution in [0.3, 0.4) is 0 Å². The summed E-state index contributed by atoms with van der Waals surface area (Å²) >= 11 is 0. The molecule has 4 nitrogen and oxygen atoms in total. The molecule has 0 unspecified atom stereocenters. The van der Waals surface area contributed by atoms with Gasteiger partial charge in [-0.25, -0.2) is 4.79 Å². The molecule has 152 valence electrons. The molecule has 1 atom stereocenters. The Hall–Kier alpha value is -2.43. The second-order valence-corrected chi connectivity index (χ2v) is 7.90. The minimum atomic E-state index is -0.291. The summed E-state index contributed by atoms with van der Waals surface area (Å²) in [6.07, 6.45) is 6.88. The largest absolute Gasteiger partial charge is 0.463 e. The van der Waals surface area contributed by atoms with Crippen molar-refractivity contribution in [3.63, 3.8) is 0 Å². The second kappa shape index (κ2) is 9.38. The molecule has 1 N–H and O–H groups in total. The first-order valence-electron chi connectivity index (χ1n) is 10.7. The van der Waals surface area contributed by atoms with E-state index in [1.807, 2.05) is 13.0 Å². The van der Waals surface area contributed by atoms with Gasteiger partial charge in [-0.05, 0) is 66.6 Å². The zero-order valence-electron chi connectivity index (χ0n) is 17.2. The Balaban J connectivity index is 1.36. The van der Waals surface area contributed by atoms with Gasteiger partial charge in [0.1, 0.15) is 0 Å². The molecule has 0 radical (unpaired) electrons. The van der Waals surface area contributed by atoms with Crippen LogP contribution in [-0.4, -0.2) is 30.6 Å². The van der Waals surface area contributed by atoms with Crippen molar-refractivity contribution in [3.8, 4) is 0 Å². The van der Waals surface area contributed by atoms with Crippen molar-refractivity contribution in [1.82, 2.24) is 10.2 Å². The Morgan fingerprint density at radius 3 is 2.83 bits per heavy atom. The summed E-state index contributed by atoms with van der Waals surface area (Å²) in [6, 6.07) is 16.0. The lowest BCUT2D eigenvalue weighted by Crippen LogP contribution is -2.25. The minimum absolute atomic E-state index is 0.291. The smallest absolute Gasteiger partial charge is 0.330 e. The Morgan fingerprint density at radius 2 is 2.00 bits per heavy atom. The highest BCUT2D eigenvalue weighted by molar-refractivity contribution is 5.87. The molecule has 1 fully saturated rings. The molecule has 4 heteroatoms. The van der Waals surface area contributed by atoms with E-state index in [0.29, 0.717) is 12.6 Å². The standard InChI is InChI=1S/C25H30N2O2/c1-2-29-25(28)12-8-19-5-9-21(10-6-19)24-4-3-14-27(24)15-13-20-7-11-22-17-26-18-23(22)16-20/h5-12,16,24,26H,2-4,13-15,17-18H2,1H3/b12-8+/t24-/m1/s1. The summed E-state index contributed by atoms with van der Waals surface area (Å²) in [4.78, 5) is 14.1. The predicted molar refractivity (Wildman–Crippen MR) is 116 cm³/mol. The summed E-state index contributed by atoms with van der Waals surface area (Å²) in [5, 5.41) is 3.43. The van der Waals surface area contributed by atoms with E-state index in [-0.39, 0.29) is 5.97 Å². The van der Waals surface area contributed by atoms with Crippen LogP contribution in [0, 0.1) is 0 Å². The quantitative estimate of drug-likeness (QED) is 0.567. The molecular formula is C25H30N2O2. The average molecular weight is 391 g/mol. The minimum Gasteiger partial charge on any atom is -0.463 e. The molecule has 1 saturated heterocycles. The van der Waals surface area contributed by atoms with Gasteiger partial charge >= 0.3 is 5.97 Å². The van der Waals surface area contributed by atoms with Gasteiger partial charge in [0.25, 0.3) is 0 Å². The summed E-state index contributed by atoms with van der Waals surface area (Å²) < 4.78 is 4.93. The summed E-state index contributed by atoms with van der Waals surface area (Å²) in [6.45, 7) is 6.50. The molecule has 2 aromatic rings. The number of nitrogens with zero attached hydrogens (tertiary/aromatic N) is 1. The first-order chi connectivity index (χ1) is 14.2. The fraction of sp³-hybridized carbons (Fsp3) is 0.400. The van der Waals surface area contributed by atoms with Crippen LogP contribution in [-0.2, 0) is 29.0 Å². The molecule has 0 bridgehead atoms. The fourth-order valence-electron chi connectivity index (χ4n) is 4.43. The lowest BCUT2D eigenvalue weighted by Gasteiger charge is -2.25. The van der Waals surface area contributed by atoms with Crippen molar-refractivity contribution in [2.45, 2.75) is 45.3 Å². The number of fused-ring (bicyclic) bond motifs is 1. The summed E-state index contributed by atoms with van der Waals surface area (Å²) in [7, 11) is 0. The first kappa shape index (κ1) is 19.9. The third kappa shape index (κ3) is 4.95. The van der Waals surface area contributed by atoms with Crippen molar-refractivity contribution in [3.05, 3.63) is 76.4 Å². The topological polar surface area (TPSA) is 41.6 Å². The number of esters is 1. The molecular weight excluding hydrogens is 360 g/mol. The number of likely N-dealkylation sites (tertiary alicyclic amines) is 1. The van der Waals surface area contributed by atoms with Gasteiger partial charge in [-0.2, -0.15) is 0 Å². The normalized spacial score (nSPS) is 19.0. The lowest BCUT2D eigenvalue weighted by molar-refractivity contribution is -0.137.